The van der Waals surface area contributed by atoms with Crippen molar-refractivity contribution in [3.05, 3.63) is 83.4 Å². The van der Waals surface area contributed by atoms with Gasteiger partial charge in [0.05, 0.1) is 0 Å². The van der Waals surface area contributed by atoms with Gasteiger partial charge in [-0.05, 0) is 23.8 Å². The van der Waals surface area contributed by atoms with Gasteiger partial charge < -0.3 is 5.32 Å². The third-order valence-electron chi connectivity index (χ3n) is 4.70. The zero-order valence-electron chi connectivity index (χ0n) is 15.3. The summed E-state index contributed by atoms with van der Waals surface area (Å²) in [6.07, 6.45) is 3.69. The van der Waals surface area contributed by atoms with Crippen LogP contribution in [-0.4, -0.2) is 29.2 Å². The molecule has 1 N–H and O–H groups in total. The highest BCUT2D eigenvalue weighted by Crippen LogP contribution is 2.34. The topological polar surface area (TPSA) is 66.5 Å². The average Bonchev–Trinajstić information content (AvgIpc) is 2.70. The van der Waals surface area contributed by atoms with E-state index in [1.165, 1.54) is 11.8 Å². The summed E-state index contributed by atoms with van der Waals surface area (Å²) in [5.74, 6) is -0.872. The summed E-state index contributed by atoms with van der Waals surface area (Å²) in [5.41, 5.74) is 2.52. The van der Waals surface area contributed by atoms with Gasteiger partial charge in [0, 0.05) is 41.1 Å². The average molecular weight is 370 g/mol. The molecule has 3 aromatic rings. The van der Waals surface area contributed by atoms with E-state index in [1.807, 2.05) is 42.5 Å². The van der Waals surface area contributed by atoms with Gasteiger partial charge in [-0.3, -0.25) is 19.3 Å². The van der Waals surface area contributed by atoms with Gasteiger partial charge in [0.25, 0.3) is 11.8 Å². The molecular formula is C23H18N2O3. The summed E-state index contributed by atoms with van der Waals surface area (Å²) in [7, 11) is 0. The predicted octanol–water partition coefficient (Wildman–Crippen LogP) is 4.11. The lowest BCUT2D eigenvalue weighted by Gasteiger charge is -2.27. The molecule has 0 aromatic heterocycles. The van der Waals surface area contributed by atoms with Gasteiger partial charge in [-0.2, -0.15) is 0 Å². The monoisotopic (exact) mass is 370 g/mol. The first-order valence-corrected chi connectivity index (χ1v) is 8.97. The highest BCUT2D eigenvalue weighted by atomic mass is 16.2. The molecule has 0 unspecified atom stereocenters. The SMILES string of the molecule is CC(=O)Nc1ccc2c3c(cccc13)C(=O)N(C/C=C/c1ccccc1)C2=O. The van der Waals surface area contributed by atoms with Gasteiger partial charge in [0.1, 0.15) is 0 Å². The third kappa shape index (κ3) is 3.07. The van der Waals surface area contributed by atoms with Crippen LogP contribution in [0.2, 0.25) is 0 Å². The van der Waals surface area contributed by atoms with Crippen LogP contribution in [0.5, 0.6) is 0 Å². The van der Waals surface area contributed by atoms with Gasteiger partial charge in [-0.25, -0.2) is 0 Å². The Balaban J connectivity index is 1.71. The summed E-state index contributed by atoms with van der Waals surface area (Å²) in [6.45, 7) is 1.61. The quantitative estimate of drug-likeness (QED) is 0.703. The van der Waals surface area contributed by atoms with Crippen molar-refractivity contribution >= 4 is 40.3 Å². The number of nitrogens with zero attached hydrogens (tertiary/aromatic N) is 1. The molecule has 0 saturated heterocycles. The Kier molecular flexibility index (Phi) is 4.49. The van der Waals surface area contributed by atoms with Crippen LogP contribution in [0.25, 0.3) is 16.8 Å². The van der Waals surface area contributed by atoms with E-state index in [2.05, 4.69) is 5.32 Å². The number of rotatable bonds is 4. The molecule has 0 radical (unpaired) electrons. The second-order valence-electron chi connectivity index (χ2n) is 6.60. The summed E-state index contributed by atoms with van der Waals surface area (Å²) in [4.78, 5) is 38.7. The maximum atomic E-state index is 13.0. The number of benzene rings is 3. The van der Waals surface area contributed by atoms with Crippen molar-refractivity contribution < 1.29 is 14.4 Å². The van der Waals surface area contributed by atoms with E-state index in [4.69, 9.17) is 0 Å². The molecule has 1 aliphatic heterocycles. The van der Waals surface area contributed by atoms with Crippen LogP contribution in [0.1, 0.15) is 33.2 Å². The highest BCUT2D eigenvalue weighted by Gasteiger charge is 2.32. The number of nitrogens with one attached hydrogen (secondary N) is 1. The van der Waals surface area contributed by atoms with E-state index in [0.29, 0.717) is 27.6 Å². The summed E-state index contributed by atoms with van der Waals surface area (Å²) in [6, 6.07) is 18.4. The minimum atomic E-state index is -0.333. The smallest absolute Gasteiger partial charge is 0.261 e. The minimum Gasteiger partial charge on any atom is -0.326 e. The lowest BCUT2D eigenvalue weighted by molar-refractivity contribution is -0.114. The molecule has 28 heavy (non-hydrogen) atoms. The molecule has 0 fully saturated rings. The number of imide groups is 1. The molecule has 3 amide bonds. The van der Waals surface area contributed by atoms with Crippen LogP contribution in [0, 0.1) is 0 Å². The van der Waals surface area contributed by atoms with Crippen molar-refractivity contribution in [2.45, 2.75) is 6.92 Å². The second-order valence-corrected chi connectivity index (χ2v) is 6.60. The zero-order valence-corrected chi connectivity index (χ0v) is 15.3. The molecule has 0 atom stereocenters. The fraction of sp³-hybridized carbons (Fsp3) is 0.0870. The molecule has 138 valence electrons. The fourth-order valence-electron chi connectivity index (χ4n) is 3.47. The van der Waals surface area contributed by atoms with E-state index in [1.54, 1.807) is 30.3 Å². The van der Waals surface area contributed by atoms with Crippen LogP contribution >= 0.6 is 0 Å². The fourth-order valence-corrected chi connectivity index (χ4v) is 3.47. The molecule has 0 bridgehead atoms. The first kappa shape index (κ1) is 17.7. The van der Waals surface area contributed by atoms with Crippen molar-refractivity contribution in [1.29, 1.82) is 0 Å². The van der Waals surface area contributed by atoms with Gasteiger partial charge >= 0.3 is 0 Å². The van der Waals surface area contributed by atoms with E-state index in [0.717, 1.165) is 5.56 Å². The maximum Gasteiger partial charge on any atom is 0.261 e. The van der Waals surface area contributed by atoms with Crippen LogP contribution in [0.3, 0.4) is 0 Å². The Bertz CT molecular complexity index is 1110. The third-order valence-corrected chi connectivity index (χ3v) is 4.70. The molecule has 0 spiro atoms. The number of hydrogen-bond acceptors (Lipinski definition) is 3. The minimum absolute atomic E-state index is 0.190. The Labute approximate surface area is 162 Å². The van der Waals surface area contributed by atoms with Gasteiger partial charge in [0.2, 0.25) is 5.91 Å². The summed E-state index contributed by atoms with van der Waals surface area (Å²) >= 11 is 0. The molecule has 4 rings (SSSR count). The number of carbonyl (C=O) groups excluding carboxylic acids is 3. The standard InChI is InChI=1S/C23H18N2O3/c1-15(26)24-20-13-12-19-21-17(20)10-5-11-18(21)22(27)25(23(19)28)14-6-9-16-7-3-2-4-8-16/h2-13H,14H2,1H3,(H,24,26)/b9-6+. The molecule has 3 aromatic carbocycles. The predicted molar refractivity (Wildman–Crippen MR) is 109 cm³/mol. The van der Waals surface area contributed by atoms with Crippen LogP contribution in [0.4, 0.5) is 5.69 Å². The van der Waals surface area contributed by atoms with E-state index in [-0.39, 0.29) is 24.3 Å². The van der Waals surface area contributed by atoms with Crippen molar-refractivity contribution in [3.8, 4) is 0 Å². The van der Waals surface area contributed by atoms with Crippen LogP contribution in [-0.2, 0) is 4.79 Å². The first-order valence-electron chi connectivity index (χ1n) is 8.97. The van der Waals surface area contributed by atoms with Gasteiger partial charge in [0.15, 0.2) is 0 Å². The number of anilines is 1. The number of amides is 3. The van der Waals surface area contributed by atoms with Crippen molar-refractivity contribution in [3.63, 3.8) is 0 Å². The first-order chi connectivity index (χ1) is 13.6. The van der Waals surface area contributed by atoms with Crippen molar-refractivity contribution in [1.82, 2.24) is 4.90 Å². The maximum absolute atomic E-state index is 13.0. The van der Waals surface area contributed by atoms with Gasteiger partial charge in [-0.15, -0.1) is 0 Å². The molecular weight excluding hydrogens is 352 g/mol. The number of carbonyl (C=O) groups is 3. The second kappa shape index (κ2) is 7.12. The zero-order chi connectivity index (χ0) is 19.7. The Morgan fingerprint density at radius 2 is 1.64 bits per heavy atom. The van der Waals surface area contributed by atoms with E-state index >= 15 is 0 Å². The van der Waals surface area contributed by atoms with Crippen molar-refractivity contribution in [2.75, 3.05) is 11.9 Å². The molecule has 1 aliphatic rings. The lowest BCUT2D eigenvalue weighted by Crippen LogP contribution is -2.40. The molecule has 0 aliphatic carbocycles. The number of hydrogen-bond donors (Lipinski definition) is 1. The Hall–Kier alpha value is -3.73. The van der Waals surface area contributed by atoms with Crippen LogP contribution in [0.15, 0.2) is 66.7 Å². The molecule has 5 heteroatoms. The summed E-state index contributed by atoms with van der Waals surface area (Å²) < 4.78 is 0. The van der Waals surface area contributed by atoms with Gasteiger partial charge in [-0.1, -0.05) is 54.6 Å². The lowest BCUT2D eigenvalue weighted by atomic mass is 9.93. The Morgan fingerprint density at radius 3 is 2.36 bits per heavy atom. The highest BCUT2D eigenvalue weighted by molar-refractivity contribution is 6.27. The molecule has 1 heterocycles. The van der Waals surface area contributed by atoms with E-state index < -0.39 is 0 Å². The molecule has 0 saturated carbocycles. The molecule has 5 nitrogen and oxygen atoms in total. The largest absolute Gasteiger partial charge is 0.326 e. The van der Waals surface area contributed by atoms with E-state index in [9.17, 15) is 14.4 Å². The van der Waals surface area contributed by atoms with Crippen molar-refractivity contribution in [2.24, 2.45) is 0 Å². The summed E-state index contributed by atoms with van der Waals surface area (Å²) in [5, 5.41) is 4.03. The normalized spacial score (nSPS) is 13.4. The van der Waals surface area contributed by atoms with Crippen LogP contribution < -0.4 is 5.32 Å². The Morgan fingerprint density at radius 1 is 0.929 bits per heavy atom.